The summed E-state index contributed by atoms with van der Waals surface area (Å²) < 4.78 is 11.2. The highest BCUT2D eigenvalue weighted by Gasteiger charge is 2.44. The molecule has 1 aliphatic rings. The lowest BCUT2D eigenvalue weighted by atomic mass is 9.99. The number of carbonyl (C=O) groups is 1. The molecule has 0 spiro atoms. The number of unbranched alkanes of at least 4 members (excludes halogenated alkanes) is 36. The fourth-order valence-corrected chi connectivity index (χ4v) is 9.34. The lowest BCUT2D eigenvalue weighted by Gasteiger charge is -2.40. The summed E-state index contributed by atoms with van der Waals surface area (Å²) in [7, 11) is 0. The van der Waals surface area contributed by atoms with E-state index in [4.69, 9.17) is 9.47 Å². The predicted octanol–water partition coefficient (Wildman–Crippen LogP) is 12.6. The van der Waals surface area contributed by atoms with Crippen LogP contribution in [0.15, 0.2) is 12.2 Å². The summed E-state index contributed by atoms with van der Waals surface area (Å²) in [5, 5.41) is 65.2. The second-order valence-corrected chi connectivity index (χ2v) is 20.2. The van der Waals surface area contributed by atoms with Crippen LogP contribution in [0.3, 0.4) is 0 Å². The van der Waals surface area contributed by atoms with Crippen molar-refractivity contribution in [2.24, 2.45) is 0 Å². The van der Waals surface area contributed by atoms with Crippen LogP contribution in [0, 0.1) is 0 Å². The van der Waals surface area contributed by atoms with Crippen molar-refractivity contribution in [2.45, 2.75) is 326 Å². The van der Waals surface area contributed by atoms with E-state index < -0.39 is 61.5 Å². The second-order valence-electron chi connectivity index (χ2n) is 20.2. The van der Waals surface area contributed by atoms with Crippen LogP contribution >= 0.6 is 0 Å². The molecule has 66 heavy (non-hydrogen) atoms. The average Bonchev–Trinajstić information content (AvgIpc) is 3.32. The van der Waals surface area contributed by atoms with Crippen molar-refractivity contribution in [1.82, 2.24) is 5.32 Å². The summed E-state index contributed by atoms with van der Waals surface area (Å²) in [5.41, 5.74) is 0. The molecule has 1 saturated heterocycles. The van der Waals surface area contributed by atoms with E-state index in [-0.39, 0.29) is 6.61 Å². The van der Waals surface area contributed by atoms with Crippen molar-refractivity contribution >= 4 is 5.91 Å². The Kier molecular flexibility index (Phi) is 44.1. The smallest absolute Gasteiger partial charge is 0.249 e. The molecule has 0 aromatic rings. The number of carbonyl (C=O) groups excluding carboxylic acids is 1. The fraction of sp³-hybridized carbons (Fsp3) is 0.946. The molecule has 0 aliphatic carbocycles. The molecule has 1 rings (SSSR count). The summed E-state index contributed by atoms with van der Waals surface area (Å²) in [6.07, 6.45) is 45.6. The molecule has 10 nitrogen and oxygen atoms in total. The largest absolute Gasteiger partial charge is 0.394 e. The lowest BCUT2D eigenvalue weighted by Crippen LogP contribution is -2.60. The highest BCUT2D eigenvalue weighted by Crippen LogP contribution is 2.23. The molecule has 8 atom stereocenters. The first-order chi connectivity index (χ1) is 32.3. The van der Waals surface area contributed by atoms with Gasteiger partial charge in [0.25, 0.3) is 0 Å². The fourth-order valence-electron chi connectivity index (χ4n) is 9.34. The third kappa shape index (κ3) is 35.1. The van der Waals surface area contributed by atoms with E-state index >= 15 is 0 Å². The molecule has 7 N–H and O–H groups in total. The van der Waals surface area contributed by atoms with Gasteiger partial charge in [-0.3, -0.25) is 4.79 Å². The maximum Gasteiger partial charge on any atom is 0.249 e. The minimum atomic E-state index is -1.60. The van der Waals surface area contributed by atoms with Crippen LogP contribution in [0.4, 0.5) is 0 Å². The number of hydrogen-bond acceptors (Lipinski definition) is 9. The van der Waals surface area contributed by atoms with E-state index in [2.05, 4.69) is 31.3 Å². The predicted molar refractivity (Wildman–Crippen MR) is 273 cm³/mol. The lowest BCUT2D eigenvalue weighted by molar-refractivity contribution is -0.302. The molecule has 1 amide bonds. The van der Waals surface area contributed by atoms with Crippen LogP contribution in [-0.2, 0) is 14.3 Å². The van der Waals surface area contributed by atoms with Gasteiger partial charge in [0.1, 0.15) is 30.5 Å². The molecule has 0 radical (unpaired) electrons. The molecule has 0 aromatic carbocycles. The molecular weight excluding hydrogens is 831 g/mol. The van der Waals surface area contributed by atoms with Gasteiger partial charge in [0.2, 0.25) is 5.91 Å². The summed E-state index contributed by atoms with van der Waals surface area (Å²) in [4.78, 5) is 13.1. The van der Waals surface area contributed by atoms with Crippen molar-refractivity contribution in [1.29, 1.82) is 0 Å². The Morgan fingerprint density at radius 3 is 1.23 bits per heavy atom. The Bertz CT molecular complexity index is 1060. The van der Waals surface area contributed by atoms with Gasteiger partial charge in [-0.15, -0.1) is 0 Å². The van der Waals surface area contributed by atoms with Gasteiger partial charge in [-0.05, 0) is 38.5 Å². The highest BCUT2D eigenvalue weighted by molar-refractivity contribution is 5.80. The van der Waals surface area contributed by atoms with E-state index in [9.17, 15) is 35.4 Å². The quantitative estimate of drug-likeness (QED) is 0.0232. The Labute approximate surface area is 406 Å². The zero-order valence-corrected chi connectivity index (χ0v) is 43.1. The van der Waals surface area contributed by atoms with Crippen molar-refractivity contribution in [3.8, 4) is 0 Å². The molecule has 1 heterocycles. The SMILES string of the molecule is CCCCCCCCCCCCCC/C=C\CCCCCCCCCCCC(O)C(=O)NC(COC1OC(CO)C(O)C(O)C1O)C(O)CCCCCCCCCCCCCCCCCC. The zero-order valence-electron chi connectivity index (χ0n) is 43.1. The number of nitrogens with one attached hydrogen (secondary N) is 1. The van der Waals surface area contributed by atoms with Crippen LogP contribution in [0.1, 0.15) is 277 Å². The van der Waals surface area contributed by atoms with Crippen molar-refractivity contribution < 1.29 is 44.9 Å². The number of allylic oxidation sites excluding steroid dienone is 2. The normalized spacial score (nSPS) is 20.3. The number of aliphatic hydroxyl groups is 6. The van der Waals surface area contributed by atoms with Gasteiger partial charge < -0.3 is 45.4 Å². The van der Waals surface area contributed by atoms with E-state index in [0.717, 1.165) is 51.4 Å². The first-order valence-corrected chi connectivity index (χ1v) is 28.5. The van der Waals surface area contributed by atoms with E-state index in [1.54, 1.807) is 0 Å². The van der Waals surface area contributed by atoms with Gasteiger partial charge >= 0.3 is 0 Å². The third-order valence-electron chi connectivity index (χ3n) is 14.0. The summed E-state index contributed by atoms with van der Waals surface area (Å²) >= 11 is 0. The maximum absolute atomic E-state index is 13.1. The van der Waals surface area contributed by atoms with E-state index in [1.807, 2.05) is 0 Å². The molecule has 0 saturated carbocycles. The van der Waals surface area contributed by atoms with Gasteiger partial charge in [0.15, 0.2) is 6.29 Å². The third-order valence-corrected chi connectivity index (χ3v) is 14.0. The molecule has 392 valence electrons. The van der Waals surface area contributed by atoms with E-state index in [1.165, 1.54) is 199 Å². The molecule has 0 aromatic heterocycles. The van der Waals surface area contributed by atoms with Gasteiger partial charge in [-0.2, -0.15) is 0 Å². The van der Waals surface area contributed by atoms with Crippen LogP contribution in [0.2, 0.25) is 0 Å². The van der Waals surface area contributed by atoms with Gasteiger partial charge in [-0.1, -0.05) is 251 Å². The molecule has 8 unspecified atom stereocenters. The molecule has 0 bridgehead atoms. The Morgan fingerprint density at radius 1 is 0.500 bits per heavy atom. The van der Waals surface area contributed by atoms with Crippen LogP contribution in [-0.4, -0.2) is 98.7 Å². The van der Waals surface area contributed by atoms with Crippen LogP contribution < -0.4 is 5.32 Å². The Balaban J connectivity index is 2.24. The molecule has 1 fully saturated rings. The molecule has 10 heteroatoms. The van der Waals surface area contributed by atoms with E-state index in [0.29, 0.717) is 12.8 Å². The molecule has 1 aliphatic heterocycles. The summed E-state index contributed by atoms with van der Waals surface area (Å²) in [6, 6.07) is -0.893. The van der Waals surface area contributed by atoms with Crippen molar-refractivity contribution in [3.05, 3.63) is 12.2 Å². The Morgan fingerprint density at radius 2 is 0.848 bits per heavy atom. The van der Waals surface area contributed by atoms with Crippen molar-refractivity contribution in [3.63, 3.8) is 0 Å². The van der Waals surface area contributed by atoms with Gasteiger partial charge in [0.05, 0.1) is 25.4 Å². The summed E-state index contributed by atoms with van der Waals surface area (Å²) in [6.45, 7) is 3.71. The first kappa shape index (κ1) is 62.9. The van der Waals surface area contributed by atoms with Gasteiger partial charge in [-0.25, -0.2) is 0 Å². The summed E-state index contributed by atoms with van der Waals surface area (Å²) in [5.74, 6) is -0.581. The zero-order chi connectivity index (χ0) is 48.1. The minimum Gasteiger partial charge on any atom is -0.394 e. The number of amides is 1. The number of ether oxygens (including phenoxy) is 2. The van der Waals surface area contributed by atoms with Crippen LogP contribution in [0.25, 0.3) is 0 Å². The first-order valence-electron chi connectivity index (χ1n) is 28.5. The standard InChI is InChI=1S/C56H109NO9/c1-3-5-7-9-11-13-15-17-19-21-22-23-24-25-26-27-28-29-31-33-35-37-39-41-43-45-50(60)55(64)57-48(47-65-56-54(63)53(62)52(61)51(46-58)66-56)49(59)44-42-40-38-36-34-32-30-20-18-16-14-12-10-8-6-4-2/h25-26,48-54,56,58-63H,3-24,27-47H2,1-2H3,(H,57,64)/b26-25-. The second kappa shape index (κ2) is 46.3. The van der Waals surface area contributed by atoms with Crippen LogP contribution in [0.5, 0.6) is 0 Å². The minimum absolute atomic E-state index is 0.253. The maximum atomic E-state index is 13.1. The Hall–Kier alpha value is -1.11. The molecular formula is C56H109NO9. The number of hydrogen-bond donors (Lipinski definition) is 7. The number of rotatable bonds is 49. The average molecular weight is 940 g/mol. The highest BCUT2D eigenvalue weighted by atomic mass is 16.7. The van der Waals surface area contributed by atoms with Crippen molar-refractivity contribution in [2.75, 3.05) is 13.2 Å². The topological polar surface area (TPSA) is 169 Å². The van der Waals surface area contributed by atoms with Gasteiger partial charge in [0, 0.05) is 0 Å². The number of aliphatic hydroxyl groups excluding tert-OH is 6. The monoisotopic (exact) mass is 940 g/mol.